The number of rotatable bonds is 2. The van der Waals surface area contributed by atoms with Crippen LogP contribution < -0.4 is 0 Å². The molecule has 0 fully saturated rings. The number of fused-ring (bicyclic) bond motifs is 1. The maximum absolute atomic E-state index is 4.37. The largest absolute Gasteiger partial charge is 0.297 e. The molecule has 0 saturated heterocycles. The van der Waals surface area contributed by atoms with Gasteiger partial charge in [-0.05, 0) is 44.9 Å². The van der Waals surface area contributed by atoms with Gasteiger partial charge in [0.2, 0.25) is 0 Å². The predicted molar refractivity (Wildman–Crippen MR) is 110 cm³/mol. The second-order valence-electron chi connectivity index (χ2n) is 6.43. The summed E-state index contributed by atoms with van der Waals surface area (Å²) in [4.78, 5) is 12.8. The number of imidazole rings is 1. The molecule has 1 aromatic carbocycles. The highest BCUT2D eigenvalue weighted by molar-refractivity contribution is 5.63. The highest BCUT2D eigenvalue weighted by atomic mass is 15.2. The number of aromatic nitrogens is 5. The van der Waals surface area contributed by atoms with Gasteiger partial charge >= 0.3 is 0 Å². The van der Waals surface area contributed by atoms with Crippen LogP contribution in [0.5, 0.6) is 0 Å². The van der Waals surface area contributed by atoms with E-state index in [1.807, 2.05) is 56.3 Å². The minimum absolute atomic E-state index is 0.890. The smallest absolute Gasteiger partial charge is 0.158 e. The Balaban J connectivity index is 0.000000168. The summed E-state index contributed by atoms with van der Waals surface area (Å²) in [5.41, 5.74) is 7.48. The van der Waals surface area contributed by atoms with Crippen molar-refractivity contribution in [2.24, 2.45) is 12.0 Å². The van der Waals surface area contributed by atoms with Crippen LogP contribution in [0.15, 0.2) is 54.2 Å². The van der Waals surface area contributed by atoms with Crippen LogP contribution in [-0.4, -0.2) is 30.4 Å². The Hall–Kier alpha value is -3.28. The molecule has 27 heavy (non-hydrogen) atoms. The summed E-state index contributed by atoms with van der Waals surface area (Å²) < 4.78 is 3.81. The standard InChI is InChI=1S/C11H11N5.C10H13N/c1-8-11-13-6-10(16(11)4-3-12-8)9-5-14-15(2)7-9;1-4-11-10-7-8(2)5-6-9(10)3/h3-7H,1-2H3;4-7H,1-3H3. The van der Waals surface area contributed by atoms with Crippen molar-refractivity contribution < 1.29 is 0 Å². The summed E-state index contributed by atoms with van der Waals surface area (Å²) in [6.45, 7) is 8.03. The Labute approximate surface area is 159 Å². The first-order valence-electron chi connectivity index (χ1n) is 8.83. The van der Waals surface area contributed by atoms with Crippen LogP contribution in [0.4, 0.5) is 5.69 Å². The molecule has 0 atom stereocenters. The summed E-state index contributed by atoms with van der Waals surface area (Å²) >= 11 is 0. The molecule has 0 aliphatic rings. The second-order valence-corrected chi connectivity index (χ2v) is 6.43. The average Bonchev–Trinajstić information content (AvgIpc) is 3.26. The second kappa shape index (κ2) is 7.95. The van der Waals surface area contributed by atoms with Crippen molar-refractivity contribution in [3.8, 4) is 11.3 Å². The molecule has 138 valence electrons. The first kappa shape index (κ1) is 18.5. The van der Waals surface area contributed by atoms with Crippen LogP contribution in [0.25, 0.3) is 16.9 Å². The monoisotopic (exact) mass is 360 g/mol. The van der Waals surface area contributed by atoms with E-state index in [2.05, 4.69) is 52.1 Å². The van der Waals surface area contributed by atoms with Gasteiger partial charge < -0.3 is 0 Å². The maximum atomic E-state index is 4.37. The van der Waals surface area contributed by atoms with Gasteiger partial charge in [-0.15, -0.1) is 0 Å². The zero-order chi connectivity index (χ0) is 19.4. The molecule has 0 bridgehead atoms. The molecule has 0 unspecified atom stereocenters. The summed E-state index contributed by atoms with van der Waals surface area (Å²) in [7, 11) is 1.90. The number of benzene rings is 1. The number of aliphatic imine (C=N–C) groups is 1. The summed E-state index contributed by atoms with van der Waals surface area (Å²) in [5, 5.41) is 4.16. The Morgan fingerprint density at radius 3 is 2.59 bits per heavy atom. The molecular weight excluding hydrogens is 336 g/mol. The molecule has 6 nitrogen and oxygen atoms in total. The van der Waals surface area contributed by atoms with Gasteiger partial charge in [0, 0.05) is 37.4 Å². The van der Waals surface area contributed by atoms with E-state index < -0.39 is 0 Å². The van der Waals surface area contributed by atoms with E-state index in [0.717, 1.165) is 28.3 Å². The lowest BCUT2D eigenvalue weighted by atomic mass is 10.1. The van der Waals surface area contributed by atoms with Gasteiger partial charge in [-0.25, -0.2) is 4.98 Å². The van der Waals surface area contributed by atoms with Crippen LogP contribution in [0, 0.1) is 20.8 Å². The lowest BCUT2D eigenvalue weighted by Gasteiger charge is -1.99. The van der Waals surface area contributed by atoms with E-state index >= 15 is 0 Å². The van der Waals surface area contributed by atoms with E-state index in [4.69, 9.17) is 0 Å². The van der Waals surface area contributed by atoms with Crippen molar-refractivity contribution in [3.63, 3.8) is 0 Å². The molecule has 4 aromatic rings. The fourth-order valence-corrected chi connectivity index (χ4v) is 2.81. The zero-order valence-corrected chi connectivity index (χ0v) is 16.4. The number of hydrogen-bond donors (Lipinski definition) is 0. The number of nitrogens with zero attached hydrogens (tertiary/aromatic N) is 6. The normalized spacial score (nSPS) is 11.0. The van der Waals surface area contributed by atoms with Crippen molar-refractivity contribution >= 4 is 17.5 Å². The van der Waals surface area contributed by atoms with Crippen LogP contribution >= 0.6 is 0 Å². The summed E-state index contributed by atoms with van der Waals surface area (Å²) in [6, 6.07) is 6.29. The van der Waals surface area contributed by atoms with E-state index in [1.165, 1.54) is 11.1 Å². The van der Waals surface area contributed by atoms with Crippen molar-refractivity contribution in [1.82, 2.24) is 24.1 Å². The molecule has 0 saturated carbocycles. The van der Waals surface area contributed by atoms with E-state index in [9.17, 15) is 0 Å². The van der Waals surface area contributed by atoms with Gasteiger partial charge in [0.1, 0.15) is 0 Å². The van der Waals surface area contributed by atoms with Gasteiger partial charge in [-0.2, -0.15) is 5.10 Å². The molecule has 6 heteroatoms. The highest BCUT2D eigenvalue weighted by Crippen LogP contribution is 2.20. The van der Waals surface area contributed by atoms with E-state index in [-0.39, 0.29) is 0 Å². The summed E-state index contributed by atoms with van der Waals surface area (Å²) in [5.74, 6) is 0. The average molecular weight is 360 g/mol. The fourth-order valence-electron chi connectivity index (χ4n) is 2.81. The predicted octanol–water partition coefficient (Wildman–Crippen LogP) is 4.46. The minimum Gasteiger partial charge on any atom is -0.297 e. The Kier molecular flexibility index (Phi) is 5.45. The number of aryl methyl sites for hydroxylation is 4. The topological polar surface area (TPSA) is 60.4 Å². The van der Waals surface area contributed by atoms with Crippen LogP contribution in [0.2, 0.25) is 0 Å². The molecule has 0 spiro atoms. The Bertz CT molecular complexity index is 1090. The van der Waals surface area contributed by atoms with Crippen LogP contribution in [0.1, 0.15) is 23.7 Å². The van der Waals surface area contributed by atoms with Gasteiger partial charge in [0.25, 0.3) is 0 Å². The van der Waals surface area contributed by atoms with Crippen LogP contribution in [0.3, 0.4) is 0 Å². The van der Waals surface area contributed by atoms with Crippen molar-refractivity contribution in [2.45, 2.75) is 27.7 Å². The molecule has 4 rings (SSSR count). The number of hydrogen-bond acceptors (Lipinski definition) is 4. The molecule has 0 aliphatic carbocycles. The molecule has 3 aromatic heterocycles. The third-order valence-corrected chi connectivity index (χ3v) is 4.24. The summed E-state index contributed by atoms with van der Waals surface area (Å²) in [6.07, 6.45) is 11.2. The zero-order valence-electron chi connectivity index (χ0n) is 16.4. The maximum Gasteiger partial charge on any atom is 0.158 e. The minimum atomic E-state index is 0.890. The lowest BCUT2D eigenvalue weighted by Crippen LogP contribution is -1.92. The van der Waals surface area contributed by atoms with Gasteiger partial charge in [0.05, 0.1) is 29.5 Å². The third-order valence-electron chi connectivity index (χ3n) is 4.24. The SMILES string of the molecule is CC=Nc1cc(C)ccc1C.Cc1nccn2c(-c3cnn(C)c3)cnc12. The van der Waals surface area contributed by atoms with Gasteiger partial charge in [-0.1, -0.05) is 12.1 Å². The molecule has 0 amide bonds. The highest BCUT2D eigenvalue weighted by Gasteiger charge is 2.08. The first-order chi connectivity index (χ1) is 13.0. The lowest BCUT2D eigenvalue weighted by molar-refractivity contribution is 0.768. The van der Waals surface area contributed by atoms with Crippen LogP contribution in [-0.2, 0) is 7.05 Å². The van der Waals surface area contributed by atoms with Crippen molar-refractivity contribution in [1.29, 1.82) is 0 Å². The van der Waals surface area contributed by atoms with Gasteiger partial charge in [0.15, 0.2) is 5.65 Å². The quantitative estimate of drug-likeness (QED) is 0.496. The van der Waals surface area contributed by atoms with E-state index in [1.54, 1.807) is 10.9 Å². The Morgan fingerprint density at radius 2 is 1.89 bits per heavy atom. The molecule has 3 heterocycles. The molecule has 0 aliphatic heterocycles. The first-order valence-corrected chi connectivity index (χ1v) is 8.83. The Morgan fingerprint density at radius 1 is 1.07 bits per heavy atom. The molecule has 0 N–H and O–H groups in total. The van der Waals surface area contributed by atoms with Crippen molar-refractivity contribution in [2.75, 3.05) is 0 Å². The molecule has 0 radical (unpaired) electrons. The van der Waals surface area contributed by atoms with Crippen molar-refractivity contribution in [3.05, 3.63) is 66.0 Å². The van der Waals surface area contributed by atoms with E-state index in [0.29, 0.717) is 0 Å². The third kappa shape index (κ3) is 4.11. The van der Waals surface area contributed by atoms with Gasteiger partial charge in [-0.3, -0.25) is 19.1 Å². The fraction of sp³-hybridized carbons (Fsp3) is 0.238. The molecular formula is C21H24N6.